The van der Waals surface area contributed by atoms with E-state index in [0.717, 1.165) is 21.2 Å². The third kappa shape index (κ3) is 2.36. The Hall–Kier alpha value is -2.64. The molecule has 4 aromatic carbocycles. The van der Waals surface area contributed by atoms with Crippen LogP contribution in [0.3, 0.4) is 0 Å². The second-order valence-electron chi connectivity index (χ2n) is 6.92. The zero-order valence-corrected chi connectivity index (χ0v) is 16.5. The first-order chi connectivity index (χ1) is 16.9. The molecule has 5 rings (SSSR count). The van der Waals surface area contributed by atoms with E-state index in [4.69, 9.17) is 9.60 Å². The highest BCUT2D eigenvalue weighted by atomic mass is 79.9. The molecular weight excluding hydrogens is 404 g/mol. The molecule has 0 atom stereocenters. The highest BCUT2D eigenvalue weighted by Crippen LogP contribution is 2.56. The van der Waals surface area contributed by atoms with Crippen LogP contribution in [0.2, 0.25) is 0 Å². The Morgan fingerprint density at radius 3 is 1.93 bits per heavy atom. The summed E-state index contributed by atoms with van der Waals surface area (Å²) in [5, 5.41) is 0. The van der Waals surface area contributed by atoms with Crippen molar-refractivity contribution < 1.29 is 11.0 Å². The summed E-state index contributed by atoms with van der Waals surface area (Å²) in [6.07, 6.45) is 0. The van der Waals surface area contributed by atoms with E-state index < -0.39 is 30.2 Å². The number of fused-ring (bicyclic) bond motifs is 3. The van der Waals surface area contributed by atoms with Crippen LogP contribution >= 0.6 is 15.9 Å². The zero-order valence-electron chi connectivity index (χ0n) is 22.9. The van der Waals surface area contributed by atoms with Gasteiger partial charge in [-0.15, -0.1) is 0 Å². The molecule has 1 aliphatic carbocycles. The highest BCUT2D eigenvalue weighted by molar-refractivity contribution is 9.10. The maximum Gasteiger partial charge on any atom is 0.0713 e. The maximum absolute atomic E-state index is 9.28. The molecule has 0 saturated heterocycles. The lowest BCUT2D eigenvalue weighted by atomic mass is 9.67. The molecule has 28 heavy (non-hydrogen) atoms. The molecule has 136 valence electrons. The van der Waals surface area contributed by atoms with Crippen LogP contribution in [0, 0.1) is 13.7 Å². The second kappa shape index (κ2) is 6.46. The van der Waals surface area contributed by atoms with Crippen LogP contribution in [0.25, 0.3) is 11.1 Å². The normalized spacial score (nSPS) is 18.9. The van der Waals surface area contributed by atoms with Crippen molar-refractivity contribution in [2.24, 2.45) is 0 Å². The number of hydrogen-bond donors (Lipinski definition) is 0. The summed E-state index contributed by atoms with van der Waals surface area (Å²) in [5.74, 6) is 0. The summed E-state index contributed by atoms with van der Waals surface area (Å²) >= 11 is 3.50. The smallest absolute Gasteiger partial charge is 0.0622 e. The third-order valence-electron chi connectivity index (χ3n) is 5.44. The minimum absolute atomic E-state index is 0.281. The lowest BCUT2D eigenvalue weighted by Crippen LogP contribution is -2.28. The van der Waals surface area contributed by atoms with Crippen molar-refractivity contribution in [3.05, 3.63) is 129 Å². The topological polar surface area (TPSA) is 0 Å². The van der Waals surface area contributed by atoms with Crippen molar-refractivity contribution in [2.45, 2.75) is 19.1 Å². The van der Waals surface area contributed by atoms with Gasteiger partial charge in [-0.25, -0.2) is 0 Å². The Kier molecular flexibility index (Phi) is 2.49. The van der Waals surface area contributed by atoms with Crippen LogP contribution in [0.1, 0.15) is 44.3 Å². The molecule has 0 aliphatic heterocycles. The Bertz CT molecular complexity index is 1430. The lowest BCUT2D eigenvalue weighted by Gasteiger charge is -2.34. The number of rotatable bonds is 2. The van der Waals surface area contributed by atoms with Gasteiger partial charge >= 0.3 is 0 Å². The van der Waals surface area contributed by atoms with Crippen LogP contribution < -0.4 is 0 Å². The SMILES string of the molecule is [2H]c1c2c(c([2H])c(C([2H])([2H])[2H])c1C([2H])([2H])[2H])C(c1ccccc1)(c1ccccc1)c1ccc(Br)cc1-2. The van der Waals surface area contributed by atoms with Crippen LogP contribution in [0.5, 0.6) is 0 Å². The van der Waals surface area contributed by atoms with Crippen molar-refractivity contribution in [3.8, 4) is 11.1 Å². The molecule has 1 aliphatic rings. The minimum Gasteiger partial charge on any atom is -0.0622 e. The van der Waals surface area contributed by atoms with Gasteiger partial charge in [-0.05, 0) is 70.3 Å². The van der Waals surface area contributed by atoms with Crippen LogP contribution in [0.4, 0.5) is 0 Å². The molecule has 1 heteroatoms. The Balaban J connectivity index is 2.11. The van der Waals surface area contributed by atoms with Gasteiger partial charge in [0.25, 0.3) is 0 Å². The van der Waals surface area contributed by atoms with Crippen molar-refractivity contribution in [3.63, 3.8) is 0 Å². The van der Waals surface area contributed by atoms with E-state index in [2.05, 4.69) is 15.9 Å². The molecule has 0 bridgehead atoms. The quantitative estimate of drug-likeness (QED) is 0.272. The molecule has 0 spiro atoms. The first kappa shape index (κ1) is 10.8. The van der Waals surface area contributed by atoms with Crippen molar-refractivity contribution >= 4 is 15.9 Å². The predicted molar refractivity (Wildman–Crippen MR) is 121 cm³/mol. The van der Waals surface area contributed by atoms with Crippen molar-refractivity contribution in [1.82, 2.24) is 0 Å². The Morgan fingerprint density at radius 1 is 0.714 bits per heavy atom. The molecular formula is C27H21Br. The highest BCUT2D eigenvalue weighted by Gasteiger charge is 2.46. The summed E-state index contributed by atoms with van der Waals surface area (Å²) in [7, 11) is 0. The molecule has 0 N–H and O–H groups in total. The van der Waals surface area contributed by atoms with Crippen molar-refractivity contribution in [2.75, 3.05) is 0 Å². The van der Waals surface area contributed by atoms with Crippen LogP contribution in [-0.2, 0) is 5.41 Å². The fraction of sp³-hybridized carbons (Fsp3) is 0.111. The average Bonchev–Trinajstić information content (AvgIpc) is 3.12. The molecule has 0 heterocycles. The number of hydrogen-bond acceptors (Lipinski definition) is 0. The first-order valence-corrected chi connectivity index (χ1v) is 9.79. The summed E-state index contributed by atoms with van der Waals surface area (Å²) in [6.45, 7) is -5.79. The maximum atomic E-state index is 9.28. The second-order valence-corrected chi connectivity index (χ2v) is 7.84. The molecule has 4 aromatic rings. The van der Waals surface area contributed by atoms with Gasteiger partial charge in [0.1, 0.15) is 0 Å². The monoisotopic (exact) mass is 432 g/mol. The van der Waals surface area contributed by atoms with Gasteiger partial charge in [0.15, 0.2) is 0 Å². The summed E-state index contributed by atoms with van der Waals surface area (Å²) in [5.41, 5.74) is 1.26. The van der Waals surface area contributed by atoms with E-state index in [-0.39, 0.29) is 17.6 Å². The van der Waals surface area contributed by atoms with Gasteiger partial charge in [0.2, 0.25) is 0 Å². The standard InChI is InChI=1S/C27H21Br/c1-18-15-23-24-17-22(28)13-14-25(24)27(26(23)16-19(18)2,20-9-5-3-6-10-20)21-11-7-4-8-12-21/h3-17H,1-2H3/i1D3,2D3,15D,16D. The molecule has 0 nitrogen and oxygen atoms in total. The van der Waals surface area contributed by atoms with E-state index in [1.807, 2.05) is 78.9 Å². The fourth-order valence-electron chi connectivity index (χ4n) is 4.31. The lowest BCUT2D eigenvalue weighted by molar-refractivity contribution is 0.767. The van der Waals surface area contributed by atoms with E-state index >= 15 is 0 Å². The van der Waals surface area contributed by atoms with Gasteiger partial charge in [0.05, 0.1) is 8.16 Å². The van der Waals surface area contributed by atoms with E-state index in [0.29, 0.717) is 11.1 Å². The van der Waals surface area contributed by atoms with Gasteiger partial charge < -0.3 is 0 Å². The molecule has 0 fully saturated rings. The van der Waals surface area contributed by atoms with Crippen molar-refractivity contribution in [1.29, 1.82) is 0 Å². The van der Waals surface area contributed by atoms with E-state index in [1.54, 1.807) is 0 Å². The fourth-order valence-corrected chi connectivity index (χ4v) is 4.67. The van der Waals surface area contributed by atoms with E-state index in [9.17, 15) is 1.37 Å². The molecule has 0 unspecified atom stereocenters. The zero-order chi connectivity index (χ0) is 26.0. The molecule has 0 radical (unpaired) electrons. The molecule has 0 aromatic heterocycles. The predicted octanol–water partition coefficient (Wildman–Crippen LogP) is 7.43. The van der Waals surface area contributed by atoms with Gasteiger partial charge in [-0.2, -0.15) is 0 Å². The molecule has 0 saturated carbocycles. The average molecular weight is 433 g/mol. The van der Waals surface area contributed by atoms with Gasteiger partial charge in [-0.3, -0.25) is 0 Å². The number of halogens is 1. The summed E-state index contributed by atoms with van der Waals surface area (Å²) in [6, 6.07) is 23.8. The summed E-state index contributed by atoms with van der Waals surface area (Å²) in [4.78, 5) is 0. The summed E-state index contributed by atoms with van der Waals surface area (Å²) < 4.78 is 68.1. The Labute approximate surface area is 186 Å². The van der Waals surface area contributed by atoms with E-state index in [1.165, 1.54) is 0 Å². The van der Waals surface area contributed by atoms with Crippen LogP contribution in [-0.4, -0.2) is 0 Å². The number of benzene rings is 4. The first-order valence-electron chi connectivity index (χ1n) is 13.0. The minimum atomic E-state index is -2.90. The van der Waals surface area contributed by atoms with Crippen LogP contribution in [0.15, 0.2) is 95.4 Å². The third-order valence-corrected chi connectivity index (χ3v) is 5.94. The van der Waals surface area contributed by atoms with Gasteiger partial charge in [0, 0.05) is 12.7 Å². The largest absolute Gasteiger partial charge is 0.0713 e. The Morgan fingerprint density at radius 2 is 1.32 bits per heavy atom. The van der Waals surface area contributed by atoms with Gasteiger partial charge in [-0.1, -0.05) is 94.7 Å². The molecule has 0 amide bonds.